The molecular formula is C31H39Cl2N7O4S. The minimum atomic E-state index is -2.94. The number of aromatic nitrogens is 3. The lowest BCUT2D eigenvalue weighted by molar-refractivity contribution is -0.119. The lowest BCUT2D eigenvalue weighted by Gasteiger charge is -2.34. The summed E-state index contributed by atoms with van der Waals surface area (Å²) in [6.45, 7) is 6.36. The Labute approximate surface area is 274 Å². The number of piperidine rings is 1. The molecule has 2 fully saturated rings. The van der Waals surface area contributed by atoms with E-state index in [1.807, 2.05) is 24.3 Å². The molecule has 0 unspecified atom stereocenters. The number of piperazine rings is 1. The minimum Gasteiger partial charge on any atom is -0.436 e. The third-order valence-corrected chi connectivity index (χ3v) is 9.57. The Morgan fingerprint density at radius 3 is 2.24 bits per heavy atom. The Hall–Kier alpha value is -3.03. The highest BCUT2D eigenvalue weighted by atomic mass is 35.5. The number of hydrogen-bond donors (Lipinski definition) is 1. The normalized spacial score (nSPS) is 17.0. The van der Waals surface area contributed by atoms with Crippen LogP contribution >= 0.6 is 23.2 Å². The molecule has 1 aromatic carbocycles. The van der Waals surface area contributed by atoms with Crippen molar-refractivity contribution in [2.24, 2.45) is 11.7 Å². The van der Waals surface area contributed by atoms with Crippen LogP contribution in [0.2, 0.25) is 10.0 Å². The van der Waals surface area contributed by atoms with E-state index in [1.54, 1.807) is 18.5 Å². The number of carbonyl (C=O) groups excluding carboxylic acids is 1. The highest BCUT2D eigenvalue weighted by Crippen LogP contribution is 2.31. The van der Waals surface area contributed by atoms with E-state index in [2.05, 4.69) is 24.7 Å². The van der Waals surface area contributed by atoms with E-state index in [0.29, 0.717) is 58.6 Å². The van der Waals surface area contributed by atoms with Crippen molar-refractivity contribution >= 4 is 44.9 Å². The average Bonchev–Trinajstić information content (AvgIpc) is 2.97. The van der Waals surface area contributed by atoms with Crippen LogP contribution in [-0.2, 0) is 21.2 Å². The average molecular weight is 677 g/mol. The first kappa shape index (κ1) is 33.3. The van der Waals surface area contributed by atoms with Gasteiger partial charge in [0.05, 0.1) is 23.8 Å². The molecule has 0 saturated carbocycles. The predicted octanol–water partition coefficient (Wildman–Crippen LogP) is 4.28. The number of nitrogens with zero attached hydrogens (tertiary/aromatic N) is 6. The summed E-state index contributed by atoms with van der Waals surface area (Å²) < 4.78 is 29.0. The summed E-state index contributed by atoms with van der Waals surface area (Å²) in [7, 11) is -2.94. The molecular weight excluding hydrogens is 637 g/mol. The fraction of sp³-hybridized carbons (Fsp3) is 0.484. The van der Waals surface area contributed by atoms with Gasteiger partial charge in [0, 0.05) is 67.1 Å². The first-order chi connectivity index (χ1) is 21.5. The maximum atomic E-state index is 11.4. The largest absolute Gasteiger partial charge is 0.436 e. The van der Waals surface area contributed by atoms with Gasteiger partial charge in [0.25, 0.3) is 0 Å². The highest BCUT2D eigenvalue weighted by Gasteiger charge is 2.22. The van der Waals surface area contributed by atoms with Gasteiger partial charge in [-0.25, -0.2) is 23.4 Å². The maximum Gasteiger partial charge on any atom is 0.225 e. The first-order valence-corrected chi connectivity index (χ1v) is 17.9. The van der Waals surface area contributed by atoms with E-state index in [4.69, 9.17) is 38.7 Å². The summed E-state index contributed by atoms with van der Waals surface area (Å²) >= 11 is 12.6. The van der Waals surface area contributed by atoms with Crippen LogP contribution in [0, 0.1) is 5.92 Å². The first-order valence-electron chi connectivity index (χ1n) is 15.1. The Bertz CT molecular complexity index is 1560. The molecule has 2 aliphatic heterocycles. The molecule has 2 saturated heterocycles. The molecule has 0 spiro atoms. The monoisotopic (exact) mass is 675 g/mol. The number of anilines is 1. The number of ether oxygens (including phenoxy) is 1. The minimum absolute atomic E-state index is 0.209. The molecule has 2 N–H and O–H groups in total. The van der Waals surface area contributed by atoms with Crippen molar-refractivity contribution in [2.45, 2.75) is 32.2 Å². The summed E-state index contributed by atoms with van der Waals surface area (Å²) in [4.78, 5) is 32.0. The predicted molar refractivity (Wildman–Crippen MR) is 177 cm³/mol. The molecule has 5 rings (SSSR count). The number of halogens is 2. The van der Waals surface area contributed by atoms with Gasteiger partial charge >= 0.3 is 0 Å². The Kier molecular flexibility index (Phi) is 11.1. The van der Waals surface area contributed by atoms with Gasteiger partial charge in [0.1, 0.15) is 9.84 Å². The van der Waals surface area contributed by atoms with Crippen LogP contribution in [-0.4, -0.2) is 96.9 Å². The van der Waals surface area contributed by atoms with Gasteiger partial charge in [-0.15, -0.1) is 0 Å². The molecule has 3 aromatic rings. The molecule has 2 aliphatic rings. The SMILES string of the molecule is CS(=O)(=O)CCCN1CCN(c2ncc(Oc3cc(CN4CCC(CC(N)=O)CC4)cc(-c4cc(Cl)cc(Cl)c4)n3)cn2)CC1. The van der Waals surface area contributed by atoms with Crippen LogP contribution in [0.5, 0.6) is 11.6 Å². The van der Waals surface area contributed by atoms with Crippen molar-refractivity contribution in [1.29, 1.82) is 0 Å². The Balaban J connectivity index is 1.25. The van der Waals surface area contributed by atoms with Gasteiger partial charge in [0.2, 0.25) is 17.7 Å². The molecule has 0 aliphatic carbocycles. The number of pyridine rings is 1. The fourth-order valence-corrected chi connectivity index (χ4v) is 6.99. The zero-order valence-electron chi connectivity index (χ0n) is 25.4. The van der Waals surface area contributed by atoms with Crippen LogP contribution in [0.1, 0.15) is 31.2 Å². The third kappa shape index (κ3) is 10.2. The van der Waals surface area contributed by atoms with Gasteiger partial charge < -0.3 is 15.4 Å². The number of hydrogen-bond acceptors (Lipinski definition) is 10. The van der Waals surface area contributed by atoms with Gasteiger partial charge in [-0.1, -0.05) is 23.2 Å². The fourth-order valence-electron chi connectivity index (χ4n) is 5.81. The molecule has 242 valence electrons. The second kappa shape index (κ2) is 15.0. The number of sulfone groups is 1. The quantitative estimate of drug-likeness (QED) is 0.296. The third-order valence-electron chi connectivity index (χ3n) is 8.10. The van der Waals surface area contributed by atoms with Crippen molar-refractivity contribution in [3.63, 3.8) is 0 Å². The summed E-state index contributed by atoms with van der Waals surface area (Å²) in [5.41, 5.74) is 7.89. The van der Waals surface area contributed by atoms with Crippen molar-refractivity contribution in [3.8, 4) is 22.9 Å². The second-order valence-electron chi connectivity index (χ2n) is 11.9. The van der Waals surface area contributed by atoms with Crippen LogP contribution in [0.3, 0.4) is 0 Å². The molecule has 0 bridgehead atoms. The van der Waals surface area contributed by atoms with Crippen LogP contribution in [0.15, 0.2) is 42.7 Å². The van der Waals surface area contributed by atoms with E-state index in [1.165, 1.54) is 6.26 Å². The topological polar surface area (TPSA) is 135 Å². The Morgan fingerprint density at radius 2 is 1.62 bits per heavy atom. The number of amides is 1. The van der Waals surface area contributed by atoms with E-state index >= 15 is 0 Å². The van der Waals surface area contributed by atoms with Crippen LogP contribution in [0.4, 0.5) is 5.95 Å². The molecule has 45 heavy (non-hydrogen) atoms. The van der Waals surface area contributed by atoms with Gasteiger partial charge in [0.15, 0.2) is 5.75 Å². The molecule has 1 amide bonds. The zero-order chi connectivity index (χ0) is 32.0. The van der Waals surface area contributed by atoms with Gasteiger partial charge in [-0.2, -0.15) is 0 Å². The van der Waals surface area contributed by atoms with Gasteiger partial charge in [-0.05, 0) is 74.6 Å². The van der Waals surface area contributed by atoms with Crippen molar-refractivity contribution in [2.75, 3.05) is 62.7 Å². The van der Waals surface area contributed by atoms with E-state index in [-0.39, 0.29) is 11.7 Å². The molecule has 11 nitrogen and oxygen atoms in total. The lowest BCUT2D eigenvalue weighted by atomic mass is 9.93. The molecule has 14 heteroatoms. The number of nitrogens with two attached hydrogens (primary N) is 1. The van der Waals surface area contributed by atoms with E-state index in [0.717, 1.165) is 69.8 Å². The molecule has 4 heterocycles. The van der Waals surface area contributed by atoms with E-state index < -0.39 is 9.84 Å². The molecule has 0 atom stereocenters. The number of primary amides is 1. The summed E-state index contributed by atoms with van der Waals surface area (Å²) in [5, 5.41) is 1.03. The number of rotatable bonds is 12. The molecule has 2 aromatic heterocycles. The second-order valence-corrected chi connectivity index (χ2v) is 15.0. The number of benzene rings is 1. The zero-order valence-corrected chi connectivity index (χ0v) is 27.7. The summed E-state index contributed by atoms with van der Waals surface area (Å²) in [6.07, 6.45) is 7.50. The molecule has 0 radical (unpaired) electrons. The maximum absolute atomic E-state index is 11.4. The van der Waals surface area contributed by atoms with Crippen molar-refractivity contribution in [1.82, 2.24) is 24.8 Å². The van der Waals surface area contributed by atoms with Crippen molar-refractivity contribution < 1.29 is 17.9 Å². The summed E-state index contributed by atoms with van der Waals surface area (Å²) in [5.74, 6) is 1.78. The summed E-state index contributed by atoms with van der Waals surface area (Å²) in [6, 6.07) is 9.26. The lowest BCUT2D eigenvalue weighted by Crippen LogP contribution is -2.47. The van der Waals surface area contributed by atoms with Crippen molar-refractivity contribution in [3.05, 3.63) is 58.3 Å². The number of likely N-dealkylation sites (tertiary alicyclic amines) is 1. The van der Waals surface area contributed by atoms with Crippen LogP contribution in [0.25, 0.3) is 11.3 Å². The number of carbonyl (C=O) groups is 1. The van der Waals surface area contributed by atoms with Gasteiger partial charge in [-0.3, -0.25) is 14.6 Å². The Morgan fingerprint density at radius 1 is 0.956 bits per heavy atom. The van der Waals surface area contributed by atoms with Crippen LogP contribution < -0.4 is 15.4 Å². The van der Waals surface area contributed by atoms with E-state index in [9.17, 15) is 13.2 Å². The smallest absolute Gasteiger partial charge is 0.225 e. The highest BCUT2D eigenvalue weighted by molar-refractivity contribution is 7.90. The standard InChI is InChI=1S/C31H39Cl2N7O4S/c1-45(42,43)12-2-5-38-8-10-40(11-9-38)31-35-19-27(20-36-31)44-30-15-23(21-39-6-3-22(4-7-39)14-29(34)41)13-28(37-30)24-16-25(32)18-26(33)17-24/h13,15-20,22H,2-12,14,21H2,1H3,(H2,34,41).